The third-order valence-corrected chi connectivity index (χ3v) is 3.88. The SMILES string of the molecule is CC(=O)CCN1CCC2CCCCC21. The van der Waals surface area contributed by atoms with Gasteiger partial charge in [-0.25, -0.2) is 0 Å². The molecule has 2 aliphatic rings. The molecule has 1 aliphatic heterocycles. The van der Waals surface area contributed by atoms with Gasteiger partial charge < -0.3 is 0 Å². The maximum atomic E-state index is 10.9. The first-order valence-corrected chi connectivity index (χ1v) is 6.01. The summed E-state index contributed by atoms with van der Waals surface area (Å²) in [6.45, 7) is 3.95. The van der Waals surface area contributed by atoms with Gasteiger partial charge in [0.15, 0.2) is 0 Å². The second-order valence-corrected chi connectivity index (χ2v) is 4.89. The fourth-order valence-corrected chi connectivity index (χ4v) is 3.08. The van der Waals surface area contributed by atoms with Gasteiger partial charge in [-0.15, -0.1) is 0 Å². The molecule has 0 aromatic heterocycles. The molecular formula is C12H21NO. The van der Waals surface area contributed by atoms with Gasteiger partial charge in [0.05, 0.1) is 0 Å². The number of carbonyl (C=O) groups excluding carboxylic acids is 1. The van der Waals surface area contributed by atoms with E-state index in [1.54, 1.807) is 6.92 Å². The van der Waals surface area contributed by atoms with E-state index in [1.807, 2.05) is 0 Å². The number of fused-ring (bicyclic) bond motifs is 1. The molecule has 0 spiro atoms. The fraction of sp³-hybridized carbons (Fsp3) is 0.917. The number of nitrogens with zero attached hydrogens (tertiary/aromatic N) is 1. The molecule has 2 rings (SSSR count). The first-order chi connectivity index (χ1) is 6.77. The third kappa shape index (κ3) is 2.17. The van der Waals surface area contributed by atoms with Crippen LogP contribution in [0.25, 0.3) is 0 Å². The molecule has 2 unspecified atom stereocenters. The summed E-state index contributed by atoms with van der Waals surface area (Å²) in [5.74, 6) is 1.29. The van der Waals surface area contributed by atoms with Gasteiger partial charge in [-0.1, -0.05) is 12.8 Å². The lowest BCUT2D eigenvalue weighted by molar-refractivity contribution is -0.117. The van der Waals surface area contributed by atoms with Gasteiger partial charge in [-0.05, 0) is 38.6 Å². The lowest BCUT2D eigenvalue weighted by Gasteiger charge is -2.31. The average Bonchev–Trinajstić information content (AvgIpc) is 2.58. The Morgan fingerprint density at radius 2 is 2.07 bits per heavy atom. The molecular weight excluding hydrogens is 174 g/mol. The summed E-state index contributed by atoms with van der Waals surface area (Å²) in [4.78, 5) is 13.5. The molecule has 0 bridgehead atoms. The van der Waals surface area contributed by atoms with Crippen LogP contribution >= 0.6 is 0 Å². The number of hydrogen-bond donors (Lipinski definition) is 0. The van der Waals surface area contributed by atoms with E-state index in [2.05, 4.69) is 4.90 Å². The van der Waals surface area contributed by atoms with Crippen molar-refractivity contribution < 1.29 is 4.79 Å². The van der Waals surface area contributed by atoms with Crippen LogP contribution in [-0.4, -0.2) is 29.8 Å². The van der Waals surface area contributed by atoms with Crippen LogP contribution in [0.2, 0.25) is 0 Å². The van der Waals surface area contributed by atoms with Crippen LogP contribution in [0.1, 0.15) is 45.4 Å². The number of Topliss-reactive ketones (excluding diaryl/α,β-unsaturated/α-hetero) is 1. The van der Waals surface area contributed by atoms with Gasteiger partial charge in [-0.2, -0.15) is 0 Å². The predicted octanol–water partition coefficient (Wildman–Crippen LogP) is 2.23. The van der Waals surface area contributed by atoms with Gasteiger partial charge >= 0.3 is 0 Å². The predicted molar refractivity (Wildman–Crippen MR) is 57.2 cm³/mol. The first kappa shape index (κ1) is 10.2. The highest BCUT2D eigenvalue weighted by Crippen LogP contribution is 2.35. The van der Waals surface area contributed by atoms with Crippen molar-refractivity contribution in [3.8, 4) is 0 Å². The molecule has 0 aromatic rings. The Kier molecular flexibility index (Phi) is 3.22. The van der Waals surface area contributed by atoms with E-state index < -0.39 is 0 Å². The average molecular weight is 195 g/mol. The van der Waals surface area contributed by atoms with E-state index in [4.69, 9.17) is 0 Å². The molecule has 80 valence electrons. The summed E-state index contributed by atoms with van der Waals surface area (Å²) in [7, 11) is 0. The Morgan fingerprint density at radius 3 is 2.86 bits per heavy atom. The number of ketones is 1. The first-order valence-electron chi connectivity index (χ1n) is 6.01. The Balaban J connectivity index is 1.84. The van der Waals surface area contributed by atoms with Crippen LogP contribution in [0, 0.1) is 5.92 Å². The molecule has 2 nitrogen and oxygen atoms in total. The molecule has 1 aliphatic carbocycles. The summed E-state index contributed by atoms with van der Waals surface area (Å²) in [5, 5.41) is 0. The molecule has 1 saturated heterocycles. The summed E-state index contributed by atoms with van der Waals surface area (Å²) in [6, 6.07) is 0.822. The minimum atomic E-state index is 0.337. The Morgan fingerprint density at radius 1 is 1.29 bits per heavy atom. The zero-order chi connectivity index (χ0) is 9.97. The van der Waals surface area contributed by atoms with E-state index in [9.17, 15) is 4.79 Å². The number of likely N-dealkylation sites (tertiary alicyclic amines) is 1. The minimum absolute atomic E-state index is 0.337. The largest absolute Gasteiger partial charge is 0.300 e. The summed E-state index contributed by atoms with van der Waals surface area (Å²) in [6.07, 6.45) is 7.77. The molecule has 14 heavy (non-hydrogen) atoms. The Labute approximate surface area is 86.7 Å². The summed E-state index contributed by atoms with van der Waals surface area (Å²) in [5.41, 5.74) is 0. The van der Waals surface area contributed by atoms with Crippen molar-refractivity contribution in [1.29, 1.82) is 0 Å². The van der Waals surface area contributed by atoms with Crippen LogP contribution in [-0.2, 0) is 4.79 Å². The van der Waals surface area contributed by atoms with E-state index in [-0.39, 0.29) is 0 Å². The smallest absolute Gasteiger partial charge is 0.131 e. The molecule has 0 aromatic carbocycles. The Bertz CT molecular complexity index is 214. The van der Waals surface area contributed by atoms with Crippen molar-refractivity contribution in [2.45, 2.75) is 51.5 Å². The molecule has 2 heteroatoms. The third-order valence-electron chi connectivity index (χ3n) is 3.88. The van der Waals surface area contributed by atoms with Gasteiger partial charge in [0, 0.05) is 19.0 Å². The second-order valence-electron chi connectivity index (χ2n) is 4.89. The normalized spacial score (nSPS) is 32.9. The van der Waals surface area contributed by atoms with Crippen molar-refractivity contribution in [3.63, 3.8) is 0 Å². The zero-order valence-electron chi connectivity index (χ0n) is 9.17. The topological polar surface area (TPSA) is 20.3 Å². The standard InChI is InChI=1S/C12H21NO/c1-10(14)6-8-13-9-7-11-4-2-3-5-12(11)13/h11-12H,2-9H2,1H3. The van der Waals surface area contributed by atoms with Crippen molar-refractivity contribution in [1.82, 2.24) is 4.90 Å². The second kappa shape index (κ2) is 4.43. The van der Waals surface area contributed by atoms with Gasteiger partial charge in [-0.3, -0.25) is 9.69 Å². The van der Waals surface area contributed by atoms with Gasteiger partial charge in [0.25, 0.3) is 0 Å². The molecule has 1 heterocycles. The highest BCUT2D eigenvalue weighted by atomic mass is 16.1. The highest BCUT2D eigenvalue weighted by Gasteiger charge is 2.34. The molecule has 0 amide bonds. The van der Waals surface area contributed by atoms with E-state index in [0.717, 1.165) is 24.9 Å². The molecule has 0 radical (unpaired) electrons. The fourth-order valence-electron chi connectivity index (χ4n) is 3.08. The van der Waals surface area contributed by atoms with Gasteiger partial charge in [0.1, 0.15) is 5.78 Å². The van der Waals surface area contributed by atoms with E-state index in [0.29, 0.717) is 5.78 Å². The van der Waals surface area contributed by atoms with Crippen molar-refractivity contribution in [2.24, 2.45) is 5.92 Å². The van der Waals surface area contributed by atoms with E-state index >= 15 is 0 Å². The van der Waals surface area contributed by atoms with Crippen molar-refractivity contribution in [2.75, 3.05) is 13.1 Å². The quantitative estimate of drug-likeness (QED) is 0.688. The van der Waals surface area contributed by atoms with Crippen molar-refractivity contribution >= 4 is 5.78 Å². The van der Waals surface area contributed by atoms with Crippen molar-refractivity contribution in [3.05, 3.63) is 0 Å². The van der Waals surface area contributed by atoms with E-state index in [1.165, 1.54) is 38.6 Å². The number of carbonyl (C=O) groups is 1. The van der Waals surface area contributed by atoms with Crippen LogP contribution < -0.4 is 0 Å². The molecule has 0 N–H and O–H groups in total. The van der Waals surface area contributed by atoms with Crippen LogP contribution in [0.4, 0.5) is 0 Å². The number of hydrogen-bond acceptors (Lipinski definition) is 2. The maximum Gasteiger partial charge on any atom is 0.131 e. The monoisotopic (exact) mass is 195 g/mol. The van der Waals surface area contributed by atoms with Crippen LogP contribution in [0.5, 0.6) is 0 Å². The van der Waals surface area contributed by atoms with Crippen LogP contribution in [0.3, 0.4) is 0 Å². The summed E-state index contributed by atoms with van der Waals surface area (Å²) >= 11 is 0. The molecule has 2 atom stereocenters. The highest BCUT2D eigenvalue weighted by molar-refractivity contribution is 5.75. The van der Waals surface area contributed by atoms with Gasteiger partial charge in [0.2, 0.25) is 0 Å². The maximum absolute atomic E-state index is 10.9. The molecule has 2 fully saturated rings. The van der Waals surface area contributed by atoms with Crippen LogP contribution in [0.15, 0.2) is 0 Å². The zero-order valence-corrected chi connectivity index (χ0v) is 9.17. The minimum Gasteiger partial charge on any atom is -0.300 e. The lowest BCUT2D eigenvalue weighted by atomic mass is 9.85. The number of rotatable bonds is 3. The Hall–Kier alpha value is -0.370. The molecule has 1 saturated carbocycles. The summed E-state index contributed by atoms with van der Waals surface area (Å²) < 4.78 is 0. The lowest BCUT2D eigenvalue weighted by Crippen LogP contribution is -2.35.